The molecule has 138 valence electrons. The van der Waals surface area contributed by atoms with E-state index < -0.39 is 0 Å². The second kappa shape index (κ2) is 8.62. The van der Waals surface area contributed by atoms with Crippen molar-refractivity contribution in [2.24, 2.45) is 0 Å². The van der Waals surface area contributed by atoms with Crippen LogP contribution in [0.25, 0.3) is 0 Å². The summed E-state index contributed by atoms with van der Waals surface area (Å²) in [6, 6.07) is 6.01. The van der Waals surface area contributed by atoms with Crippen LogP contribution in [0.2, 0.25) is 0 Å². The summed E-state index contributed by atoms with van der Waals surface area (Å²) in [4.78, 5) is 2.18. The fourth-order valence-corrected chi connectivity index (χ4v) is 3.53. The van der Waals surface area contributed by atoms with Crippen LogP contribution >= 0.6 is 23.4 Å². The number of aromatic nitrogens is 3. The van der Waals surface area contributed by atoms with Crippen molar-refractivity contribution in [3.8, 4) is 11.5 Å². The minimum atomic E-state index is 0.286. The van der Waals surface area contributed by atoms with Gasteiger partial charge in [-0.25, -0.2) is 0 Å². The fourth-order valence-electron chi connectivity index (χ4n) is 2.65. The molecule has 0 fully saturated rings. The number of hydrogen-bond acceptors (Lipinski definition) is 6. The maximum atomic E-state index is 5.86. The maximum Gasteiger partial charge on any atom is 0.231 e. The number of fused-ring (bicyclic) bond motifs is 1. The number of halogens is 1. The number of hydrogen-bond donors (Lipinski definition) is 0. The number of thioether (sulfide) groups is 1. The van der Waals surface area contributed by atoms with Crippen LogP contribution in [-0.4, -0.2) is 39.3 Å². The molecule has 0 saturated carbocycles. The zero-order chi connectivity index (χ0) is 18.5. The molecule has 26 heavy (non-hydrogen) atoms. The van der Waals surface area contributed by atoms with Crippen molar-refractivity contribution < 1.29 is 9.47 Å². The van der Waals surface area contributed by atoms with Crippen LogP contribution in [0.4, 0.5) is 0 Å². The van der Waals surface area contributed by atoms with Gasteiger partial charge in [0, 0.05) is 23.9 Å². The van der Waals surface area contributed by atoms with Crippen LogP contribution in [0.3, 0.4) is 0 Å². The van der Waals surface area contributed by atoms with E-state index in [9.17, 15) is 0 Å². The molecule has 1 aliphatic rings. The Morgan fingerprint density at radius 1 is 1.35 bits per heavy atom. The summed E-state index contributed by atoms with van der Waals surface area (Å²) in [6.45, 7) is 9.90. The fraction of sp³-hybridized carbons (Fsp3) is 0.333. The lowest BCUT2D eigenvalue weighted by atomic mass is 10.2. The topological polar surface area (TPSA) is 52.4 Å². The molecule has 2 aromatic rings. The third kappa shape index (κ3) is 4.60. The molecule has 0 bridgehead atoms. The molecule has 0 saturated heterocycles. The molecule has 0 unspecified atom stereocenters. The molecule has 1 aromatic heterocycles. The predicted octanol–water partition coefficient (Wildman–Crippen LogP) is 3.67. The maximum absolute atomic E-state index is 5.86. The molecule has 3 rings (SSSR count). The molecule has 0 atom stereocenters. The summed E-state index contributed by atoms with van der Waals surface area (Å²) in [5.41, 5.74) is 1.15. The van der Waals surface area contributed by atoms with Crippen molar-refractivity contribution in [2.75, 3.05) is 19.6 Å². The average Bonchev–Trinajstić information content (AvgIpc) is 3.20. The number of rotatable bonds is 9. The highest BCUT2D eigenvalue weighted by atomic mass is 35.5. The second-order valence-electron chi connectivity index (χ2n) is 5.96. The Morgan fingerprint density at radius 2 is 2.15 bits per heavy atom. The first-order valence-corrected chi connectivity index (χ1v) is 9.49. The summed E-state index contributed by atoms with van der Waals surface area (Å²) in [6.07, 6.45) is 1.84. The Morgan fingerprint density at radius 3 is 2.92 bits per heavy atom. The van der Waals surface area contributed by atoms with E-state index in [0.717, 1.165) is 34.6 Å². The van der Waals surface area contributed by atoms with Crippen molar-refractivity contribution in [1.29, 1.82) is 0 Å². The van der Waals surface area contributed by atoms with Crippen LogP contribution in [0, 0.1) is 0 Å². The van der Waals surface area contributed by atoms with Gasteiger partial charge in [-0.1, -0.05) is 42.1 Å². The van der Waals surface area contributed by atoms with E-state index >= 15 is 0 Å². The van der Waals surface area contributed by atoms with Gasteiger partial charge in [0.25, 0.3) is 0 Å². The molecule has 0 aliphatic carbocycles. The van der Waals surface area contributed by atoms with Gasteiger partial charge >= 0.3 is 0 Å². The molecule has 2 heterocycles. The molecule has 0 N–H and O–H groups in total. The van der Waals surface area contributed by atoms with Crippen LogP contribution in [0.1, 0.15) is 11.4 Å². The molecule has 0 spiro atoms. The predicted molar refractivity (Wildman–Crippen MR) is 104 cm³/mol. The van der Waals surface area contributed by atoms with Gasteiger partial charge in [-0.3, -0.25) is 4.90 Å². The first-order chi connectivity index (χ1) is 12.6. The van der Waals surface area contributed by atoms with Gasteiger partial charge < -0.3 is 14.0 Å². The Balaban J connectivity index is 1.67. The van der Waals surface area contributed by atoms with Gasteiger partial charge in [0.05, 0.1) is 6.54 Å². The lowest BCUT2D eigenvalue weighted by Crippen LogP contribution is -2.20. The Hall–Kier alpha value is -1.96. The molecule has 6 nitrogen and oxygen atoms in total. The SMILES string of the molecule is C=CCn1c(CN(C)Cc2ccc3c(c2)OCO3)nnc1SCC(=C)Cl. The summed E-state index contributed by atoms with van der Waals surface area (Å²) in [7, 11) is 2.05. The van der Waals surface area contributed by atoms with Crippen molar-refractivity contribution in [2.45, 2.75) is 24.8 Å². The van der Waals surface area contributed by atoms with E-state index in [-0.39, 0.29) is 6.79 Å². The van der Waals surface area contributed by atoms with Crippen molar-refractivity contribution >= 4 is 23.4 Å². The van der Waals surface area contributed by atoms with Crippen LogP contribution in [-0.2, 0) is 19.6 Å². The highest BCUT2D eigenvalue weighted by molar-refractivity contribution is 7.99. The molecular formula is C18H21ClN4O2S. The zero-order valence-electron chi connectivity index (χ0n) is 14.7. The second-order valence-corrected chi connectivity index (χ2v) is 7.44. The number of allylic oxidation sites excluding steroid dienone is 1. The number of ether oxygens (including phenoxy) is 2. The Kier molecular flexibility index (Phi) is 6.24. The number of benzene rings is 1. The Labute approximate surface area is 162 Å². The minimum absolute atomic E-state index is 0.286. The summed E-state index contributed by atoms with van der Waals surface area (Å²) in [5.74, 6) is 3.08. The van der Waals surface area contributed by atoms with E-state index in [0.29, 0.717) is 23.9 Å². The molecule has 1 aliphatic heterocycles. The smallest absolute Gasteiger partial charge is 0.231 e. The van der Waals surface area contributed by atoms with Crippen LogP contribution in [0.15, 0.2) is 47.6 Å². The number of nitrogens with zero attached hydrogens (tertiary/aromatic N) is 4. The highest BCUT2D eigenvalue weighted by Crippen LogP contribution is 2.32. The van der Waals surface area contributed by atoms with Gasteiger partial charge in [0.2, 0.25) is 6.79 Å². The van der Waals surface area contributed by atoms with Gasteiger partial charge in [-0.05, 0) is 24.7 Å². The first kappa shape index (κ1) is 18.8. The Bertz CT molecular complexity index is 808. The van der Waals surface area contributed by atoms with Gasteiger partial charge in [0.1, 0.15) is 5.82 Å². The molecule has 1 aromatic carbocycles. The molecule has 0 amide bonds. The van der Waals surface area contributed by atoms with Crippen molar-refractivity contribution in [1.82, 2.24) is 19.7 Å². The van der Waals surface area contributed by atoms with Crippen molar-refractivity contribution in [3.63, 3.8) is 0 Å². The normalized spacial score (nSPS) is 12.6. The van der Waals surface area contributed by atoms with E-state index in [1.807, 2.05) is 35.9 Å². The quantitative estimate of drug-likeness (QED) is 0.479. The van der Waals surface area contributed by atoms with E-state index in [1.165, 1.54) is 11.8 Å². The van der Waals surface area contributed by atoms with Crippen molar-refractivity contribution in [3.05, 3.63) is 53.9 Å². The lowest BCUT2D eigenvalue weighted by Gasteiger charge is -2.17. The van der Waals surface area contributed by atoms with E-state index in [2.05, 4.69) is 28.3 Å². The standard InChI is InChI=1S/C18H21ClN4O2S/c1-4-7-23-17(20-21-18(23)26-11-13(2)19)10-22(3)9-14-5-6-15-16(8-14)25-12-24-15/h4-6,8H,1-2,7,9-12H2,3H3. The average molecular weight is 393 g/mol. The zero-order valence-corrected chi connectivity index (χ0v) is 16.2. The monoisotopic (exact) mass is 392 g/mol. The van der Waals surface area contributed by atoms with Gasteiger partial charge in [-0.15, -0.1) is 16.8 Å². The lowest BCUT2D eigenvalue weighted by molar-refractivity contribution is 0.174. The van der Waals surface area contributed by atoms with E-state index in [4.69, 9.17) is 21.1 Å². The molecular weight excluding hydrogens is 372 g/mol. The van der Waals surface area contributed by atoms with Gasteiger partial charge in [0.15, 0.2) is 16.7 Å². The third-order valence-electron chi connectivity index (χ3n) is 3.76. The highest BCUT2D eigenvalue weighted by Gasteiger charge is 2.16. The molecule has 0 radical (unpaired) electrons. The summed E-state index contributed by atoms with van der Waals surface area (Å²) >= 11 is 7.38. The largest absolute Gasteiger partial charge is 0.454 e. The van der Waals surface area contributed by atoms with Crippen LogP contribution < -0.4 is 9.47 Å². The van der Waals surface area contributed by atoms with Crippen LogP contribution in [0.5, 0.6) is 11.5 Å². The third-order valence-corrected chi connectivity index (χ3v) is 5.11. The summed E-state index contributed by atoms with van der Waals surface area (Å²) in [5, 5.41) is 10.0. The summed E-state index contributed by atoms with van der Waals surface area (Å²) < 4.78 is 12.8. The minimum Gasteiger partial charge on any atom is -0.454 e. The van der Waals surface area contributed by atoms with Gasteiger partial charge in [-0.2, -0.15) is 0 Å². The molecule has 8 heteroatoms. The first-order valence-electron chi connectivity index (χ1n) is 8.13. The van der Waals surface area contributed by atoms with E-state index in [1.54, 1.807) is 0 Å².